The van der Waals surface area contributed by atoms with Gasteiger partial charge in [0.25, 0.3) is 5.91 Å². The number of rotatable bonds is 6. The summed E-state index contributed by atoms with van der Waals surface area (Å²) in [4.78, 5) is 52.6. The standard InChI is InChI=1S/C24H29N3O7/c1-4-26-12-17(21(28)16-10-19-20(11-18(16)26)34-13-33-19)22(29)25-14(3)23(30)27-8-6-15(7-9-27)24(31)32-5-2/h10-12,14-15H,4-9,13H2,1-3H3,(H,25,29)/t14-/m0/s1. The highest BCUT2D eigenvalue weighted by Crippen LogP contribution is 2.35. The van der Waals surface area contributed by atoms with E-state index in [1.165, 1.54) is 6.20 Å². The smallest absolute Gasteiger partial charge is 0.309 e. The van der Waals surface area contributed by atoms with Crippen LogP contribution >= 0.6 is 0 Å². The van der Waals surface area contributed by atoms with E-state index in [1.54, 1.807) is 35.4 Å². The van der Waals surface area contributed by atoms with Gasteiger partial charge in [-0.05, 0) is 39.7 Å². The SMILES string of the molecule is CCOC(=O)C1CCN(C(=O)[C@H](C)NC(=O)c2cn(CC)c3cc4c(cc3c2=O)OCO4)CC1. The number of esters is 1. The number of fused-ring (bicyclic) bond motifs is 2. The van der Waals surface area contributed by atoms with E-state index < -0.39 is 17.4 Å². The third kappa shape index (κ3) is 4.44. The number of pyridine rings is 1. The Morgan fingerprint density at radius 1 is 1.15 bits per heavy atom. The molecule has 0 bridgehead atoms. The number of hydrogen-bond acceptors (Lipinski definition) is 7. The molecule has 3 heterocycles. The average molecular weight is 472 g/mol. The number of nitrogens with one attached hydrogen (secondary N) is 1. The Bertz CT molecular complexity index is 1180. The van der Waals surface area contributed by atoms with Crippen molar-refractivity contribution >= 4 is 28.7 Å². The second-order valence-corrected chi connectivity index (χ2v) is 8.43. The Kier molecular flexibility index (Phi) is 6.76. The van der Waals surface area contributed by atoms with Crippen LogP contribution in [0.2, 0.25) is 0 Å². The van der Waals surface area contributed by atoms with Crippen LogP contribution in [0, 0.1) is 5.92 Å². The van der Waals surface area contributed by atoms with E-state index in [-0.39, 0.29) is 30.2 Å². The highest BCUT2D eigenvalue weighted by atomic mass is 16.7. The second kappa shape index (κ2) is 9.74. The van der Waals surface area contributed by atoms with Gasteiger partial charge in [0.05, 0.1) is 23.4 Å². The van der Waals surface area contributed by atoms with Gasteiger partial charge in [-0.2, -0.15) is 0 Å². The van der Waals surface area contributed by atoms with Crippen LogP contribution in [0.15, 0.2) is 23.1 Å². The largest absolute Gasteiger partial charge is 0.466 e. The molecule has 2 aliphatic rings. The number of nitrogens with zero attached hydrogens (tertiary/aromatic N) is 2. The monoisotopic (exact) mass is 471 g/mol. The van der Waals surface area contributed by atoms with Gasteiger partial charge in [-0.15, -0.1) is 0 Å². The minimum Gasteiger partial charge on any atom is -0.466 e. The molecule has 2 amide bonds. The van der Waals surface area contributed by atoms with Crippen molar-refractivity contribution in [1.29, 1.82) is 0 Å². The predicted octanol–water partition coefficient (Wildman–Crippen LogP) is 1.67. The van der Waals surface area contributed by atoms with Gasteiger partial charge in [0, 0.05) is 31.9 Å². The van der Waals surface area contributed by atoms with Crippen LogP contribution in [-0.2, 0) is 20.9 Å². The van der Waals surface area contributed by atoms with Crippen molar-refractivity contribution in [1.82, 2.24) is 14.8 Å². The Labute approximate surface area is 196 Å². The van der Waals surface area contributed by atoms with Crippen molar-refractivity contribution in [2.75, 3.05) is 26.5 Å². The number of amides is 2. The lowest BCUT2D eigenvalue weighted by Gasteiger charge is -2.32. The van der Waals surface area contributed by atoms with Crippen LogP contribution < -0.4 is 20.2 Å². The maximum atomic E-state index is 13.1. The number of benzene rings is 1. The first-order chi connectivity index (χ1) is 16.3. The van der Waals surface area contributed by atoms with Gasteiger partial charge < -0.3 is 29.0 Å². The molecule has 1 aromatic carbocycles. The Morgan fingerprint density at radius 2 is 1.82 bits per heavy atom. The first-order valence-corrected chi connectivity index (χ1v) is 11.6. The van der Waals surface area contributed by atoms with E-state index in [0.717, 1.165) is 0 Å². The van der Waals surface area contributed by atoms with Gasteiger partial charge in [0.15, 0.2) is 11.5 Å². The van der Waals surface area contributed by atoms with Crippen molar-refractivity contribution in [3.05, 3.63) is 34.1 Å². The molecule has 1 fully saturated rings. The molecule has 0 saturated carbocycles. The minimum atomic E-state index is -0.825. The molecule has 1 atom stereocenters. The maximum Gasteiger partial charge on any atom is 0.309 e. The summed E-state index contributed by atoms with van der Waals surface area (Å²) in [6, 6.07) is 2.50. The first-order valence-electron chi connectivity index (χ1n) is 11.6. The Morgan fingerprint density at radius 3 is 2.47 bits per heavy atom. The van der Waals surface area contributed by atoms with Gasteiger partial charge in [-0.1, -0.05) is 0 Å². The fourth-order valence-corrected chi connectivity index (χ4v) is 4.41. The lowest BCUT2D eigenvalue weighted by molar-refractivity contribution is -0.151. The maximum absolute atomic E-state index is 13.1. The summed E-state index contributed by atoms with van der Waals surface area (Å²) in [5.41, 5.74) is 0.154. The van der Waals surface area contributed by atoms with E-state index in [0.29, 0.717) is 61.5 Å². The number of carbonyl (C=O) groups excluding carboxylic acids is 3. The van der Waals surface area contributed by atoms with E-state index in [1.807, 2.05) is 6.92 Å². The predicted molar refractivity (Wildman–Crippen MR) is 123 cm³/mol. The van der Waals surface area contributed by atoms with E-state index in [2.05, 4.69) is 5.32 Å². The fraction of sp³-hybridized carbons (Fsp3) is 0.500. The highest BCUT2D eigenvalue weighted by molar-refractivity contribution is 6.00. The number of ether oxygens (including phenoxy) is 3. The van der Waals surface area contributed by atoms with Crippen LogP contribution in [0.4, 0.5) is 0 Å². The minimum absolute atomic E-state index is 0.0473. The molecule has 2 aliphatic heterocycles. The molecule has 0 unspecified atom stereocenters. The van der Waals surface area contributed by atoms with Gasteiger partial charge >= 0.3 is 5.97 Å². The molecule has 0 aliphatic carbocycles. The van der Waals surface area contributed by atoms with Crippen molar-refractivity contribution in [2.45, 2.75) is 46.2 Å². The molecule has 182 valence electrons. The van der Waals surface area contributed by atoms with Gasteiger partial charge in [0.2, 0.25) is 18.1 Å². The Balaban J connectivity index is 1.48. The summed E-state index contributed by atoms with van der Waals surface area (Å²) in [5.74, 6) is -0.307. The van der Waals surface area contributed by atoms with Crippen molar-refractivity contribution in [3.8, 4) is 11.5 Å². The van der Waals surface area contributed by atoms with Gasteiger partial charge in [-0.25, -0.2) is 0 Å². The first kappa shape index (κ1) is 23.6. The second-order valence-electron chi connectivity index (χ2n) is 8.43. The lowest BCUT2D eigenvalue weighted by atomic mass is 9.96. The number of aromatic nitrogens is 1. The highest BCUT2D eigenvalue weighted by Gasteiger charge is 2.31. The van der Waals surface area contributed by atoms with Crippen LogP contribution in [0.1, 0.15) is 44.0 Å². The molecule has 1 N–H and O–H groups in total. The van der Waals surface area contributed by atoms with Crippen LogP contribution in [0.3, 0.4) is 0 Å². The molecule has 0 spiro atoms. The summed E-state index contributed by atoms with van der Waals surface area (Å²) in [7, 11) is 0. The van der Waals surface area contributed by atoms with Crippen LogP contribution in [0.5, 0.6) is 11.5 Å². The zero-order valence-electron chi connectivity index (χ0n) is 19.6. The molecular weight excluding hydrogens is 442 g/mol. The lowest BCUT2D eigenvalue weighted by Crippen LogP contribution is -2.50. The summed E-state index contributed by atoms with van der Waals surface area (Å²) in [6.45, 7) is 7.02. The molecule has 4 rings (SSSR count). The average Bonchev–Trinajstić information content (AvgIpc) is 3.30. The van der Waals surface area contributed by atoms with Crippen molar-refractivity contribution < 1.29 is 28.6 Å². The summed E-state index contributed by atoms with van der Waals surface area (Å²) >= 11 is 0. The number of hydrogen-bond donors (Lipinski definition) is 1. The summed E-state index contributed by atoms with van der Waals surface area (Å²) in [5, 5.41) is 3.01. The van der Waals surface area contributed by atoms with Crippen molar-refractivity contribution in [3.63, 3.8) is 0 Å². The molecule has 1 saturated heterocycles. The van der Waals surface area contributed by atoms with Crippen LogP contribution in [-0.4, -0.2) is 59.8 Å². The quantitative estimate of drug-likeness (QED) is 0.637. The summed E-state index contributed by atoms with van der Waals surface area (Å²) in [6.07, 6.45) is 2.55. The molecule has 0 radical (unpaired) electrons. The third-order valence-corrected chi connectivity index (χ3v) is 6.30. The molecule has 1 aromatic heterocycles. The number of likely N-dealkylation sites (tertiary alicyclic amines) is 1. The zero-order valence-corrected chi connectivity index (χ0v) is 19.6. The fourth-order valence-electron chi connectivity index (χ4n) is 4.41. The molecule has 10 heteroatoms. The molecule has 10 nitrogen and oxygen atoms in total. The number of piperidine rings is 1. The zero-order chi connectivity index (χ0) is 24.4. The normalized spacial score (nSPS) is 16.4. The van der Waals surface area contributed by atoms with E-state index >= 15 is 0 Å². The molecule has 2 aromatic rings. The third-order valence-electron chi connectivity index (χ3n) is 6.30. The van der Waals surface area contributed by atoms with E-state index in [9.17, 15) is 19.2 Å². The molecular formula is C24H29N3O7. The van der Waals surface area contributed by atoms with Gasteiger partial charge in [-0.3, -0.25) is 19.2 Å². The molecule has 34 heavy (non-hydrogen) atoms. The number of carbonyl (C=O) groups is 3. The van der Waals surface area contributed by atoms with E-state index in [4.69, 9.17) is 14.2 Å². The van der Waals surface area contributed by atoms with Crippen molar-refractivity contribution in [2.24, 2.45) is 5.92 Å². The summed E-state index contributed by atoms with van der Waals surface area (Å²) < 4.78 is 17.6. The van der Waals surface area contributed by atoms with Gasteiger partial charge in [0.1, 0.15) is 11.6 Å². The topological polar surface area (TPSA) is 116 Å². The Hall–Kier alpha value is -3.56. The van der Waals surface area contributed by atoms with Crippen LogP contribution in [0.25, 0.3) is 10.9 Å². The number of aryl methyl sites for hydroxylation is 1.